The van der Waals surface area contributed by atoms with Crippen molar-refractivity contribution in [2.75, 3.05) is 7.11 Å². The molecule has 7 nitrogen and oxygen atoms in total. The lowest BCUT2D eigenvalue weighted by atomic mass is 10.3. The van der Waals surface area contributed by atoms with E-state index < -0.39 is 30.5 Å². The summed E-state index contributed by atoms with van der Waals surface area (Å²) in [6.45, 7) is -1.22. The van der Waals surface area contributed by atoms with Crippen LogP contribution in [0, 0.1) is 0 Å². The Morgan fingerprint density at radius 1 is 1.56 bits per heavy atom. The quantitative estimate of drug-likeness (QED) is 0.783. The van der Waals surface area contributed by atoms with Crippen molar-refractivity contribution in [3.05, 3.63) is 11.4 Å². The Hall–Kier alpha value is -1.68. The zero-order chi connectivity index (χ0) is 13.9. The molecule has 10 heteroatoms. The number of aliphatic hydroxyl groups excluding tert-OH is 1. The minimum atomic E-state index is -4.82. The normalized spacial score (nSPS) is 13.6. The number of alkyl halides is 3. The van der Waals surface area contributed by atoms with E-state index in [0.29, 0.717) is 4.68 Å². The molecule has 0 saturated carbocycles. The van der Waals surface area contributed by atoms with Gasteiger partial charge in [-0.3, -0.25) is 0 Å². The van der Waals surface area contributed by atoms with Gasteiger partial charge in [0.05, 0.1) is 18.8 Å². The van der Waals surface area contributed by atoms with Gasteiger partial charge in [0.2, 0.25) is 0 Å². The molecule has 0 aliphatic heterocycles. The average molecular weight is 269 g/mol. The van der Waals surface area contributed by atoms with Crippen LogP contribution in [0.3, 0.4) is 0 Å². The highest BCUT2D eigenvalue weighted by atomic mass is 19.4. The summed E-state index contributed by atoms with van der Waals surface area (Å²) in [4.78, 5) is 10.7. The summed E-state index contributed by atoms with van der Waals surface area (Å²) < 4.78 is 41.8. The molecular weight excluding hydrogens is 259 g/mol. The fraction of sp³-hybridized carbons (Fsp3) is 0.625. The molecule has 0 aliphatic carbocycles. The molecule has 18 heavy (non-hydrogen) atoms. The monoisotopic (exact) mass is 269 g/mol. The Morgan fingerprint density at radius 3 is 2.61 bits per heavy atom. The van der Waals surface area contributed by atoms with Gasteiger partial charge in [0, 0.05) is 7.11 Å². The number of hydrogen-bond acceptors (Lipinski definition) is 5. The first-order chi connectivity index (χ1) is 8.27. The van der Waals surface area contributed by atoms with Crippen molar-refractivity contribution in [3.8, 4) is 0 Å². The number of hydrogen-bond donors (Lipinski definition) is 2. The lowest BCUT2D eigenvalue weighted by Gasteiger charge is -2.15. The number of methoxy groups -OCH3 is 1. The van der Waals surface area contributed by atoms with E-state index in [0.717, 1.165) is 0 Å². The lowest BCUT2D eigenvalue weighted by molar-refractivity contribution is -0.208. The van der Waals surface area contributed by atoms with E-state index in [1.165, 1.54) is 7.11 Å². The van der Waals surface area contributed by atoms with Crippen molar-refractivity contribution in [1.82, 2.24) is 15.0 Å². The van der Waals surface area contributed by atoms with Gasteiger partial charge in [0.25, 0.3) is 0 Å². The number of aromatic nitrogens is 3. The molecule has 1 aromatic rings. The molecule has 0 amide bonds. The summed E-state index contributed by atoms with van der Waals surface area (Å²) in [7, 11) is 1.24. The van der Waals surface area contributed by atoms with Gasteiger partial charge < -0.3 is 14.9 Å². The van der Waals surface area contributed by atoms with E-state index in [-0.39, 0.29) is 12.3 Å². The molecule has 0 bridgehead atoms. The number of halogens is 3. The third kappa shape index (κ3) is 3.17. The summed E-state index contributed by atoms with van der Waals surface area (Å²) in [5.74, 6) is -1.44. The zero-order valence-electron chi connectivity index (χ0n) is 9.18. The minimum absolute atomic E-state index is 0.145. The van der Waals surface area contributed by atoms with Crippen molar-refractivity contribution < 1.29 is 32.9 Å². The van der Waals surface area contributed by atoms with Crippen LogP contribution in [0.4, 0.5) is 13.2 Å². The van der Waals surface area contributed by atoms with Gasteiger partial charge in [-0.25, -0.2) is 9.48 Å². The fourth-order valence-corrected chi connectivity index (χ4v) is 1.19. The molecular formula is C8H10F3N3O4. The largest absolute Gasteiger partial charge is 0.476 e. The number of rotatable bonds is 5. The molecule has 1 atom stereocenters. The second kappa shape index (κ2) is 5.31. The third-order valence-corrected chi connectivity index (χ3v) is 2.04. The van der Waals surface area contributed by atoms with Gasteiger partial charge in [-0.2, -0.15) is 13.2 Å². The summed E-state index contributed by atoms with van der Waals surface area (Å²) in [6, 6.07) is 0. The van der Waals surface area contributed by atoms with Crippen LogP contribution in [0.2, 0.25) is 0 Å². The highest BCUT2D eigenvalue weighted by Crippen LogP contribution is 2.21. The molecule has 1 aromatic heterocycles. The van der Waals surface area contributed by atoms with Crippen LogP contribution in [0.25, 0.3) is 0 Å². The molecule has 0 aliphatic rings. The van der Waals surface area contributed by atoms with Crippen LogP contribution in [-0.4, -0.2) is 50.6 Å². The van der Waals surface area contributed by atoms with E-state index >= 15 is 0 Å². The van der Waals surface area contributed by atoms with E-state index in [4.69, 9.17) is 10.2 Å². The summed E-state index contributed by atoms with van der Waals surface area (Å²) >= 11 is 0. The van der Waals surface area contributed by atoms with Crippen molar-refractivity contribution in [2.45, 2.75) is 25.4 Å². The summed E-state index contributed by atoms with van der Waals surface area (Å²) in [6.07, 6.45) is -7.48. The first kappa shape index (κ1) is 14.4. The Morgan fingerprint density at radius 2 is 2.17 bits per heavy atom. The molecule has 2 N–H and O–H groups in total. The molecule has 0 spiro atoms. The van der Waals surface area contributed by atoms with Crippen LogP contribution >= 0.6 is 0 Å². The molecule has 1 heterocycles. The number of carboxylic acids is 1. The number of ether oxygens (including phenoxy) is 1. The second-order valence-electron chi connectivity index (χ2n) is 3.36. The van der Waals surface area contributed by atoms with Gasteiger partial charge >= 0.3 is 12.1 Å². The fourth-order valence-electron chi connectivity index (χ4n) is 1.19. The minimum Gasteiger partial charge on any atom is -0.476 e. The van der Waals surface area contributed by atoms with Crippen LogP contribution in [0.15, 0.2) is 0 Å². The maximum atomic E-state index is 12.2. The van der Waals surface area contributed by atoms with Gasteiger partial charge in [0.15, 0.2) is 11.8 Å². The number of aliphatic hydroxyl groups is 1. The predicted octanol–water partition coefficient (Wildman–Crippen LogP) is 0.0459. The lowest BCUT2D eigenvalue weighted by Crippen LogP contribution is -2.33. The molecule has 102 valence electrons. The van der Waals surface area contributed by atoms with E-state index in [1.807, 2.05) is 0 Å². The summed E-state index contributed by atoms with van der Waals surface area (Å²) in [5.41, 5.74) is -0.653. The molecule has 0 saturated heterocycles. The number of nitrogens with zero attached hydrogens (tertiary/aromatic N) is 3. The van der Waals surface area contributed by atoms with Crippen molar-refractivity contribution >= 4 is 5.97 Å². The zero-order valence-corrected chi connectivity index (χ0v) is 9.18. The average Bonchev–Trinajstić information content (AvgIpc) is 2.61. The molecule has 0 radical (unpaired) electrons. The Bertz CT molecular complexity index is 432. The molecule has 0 fully saturated rings. The predicted molar refractivity (Wildman–Crippen MR) is 49.8 cm³/mol. The van der Waals surface area contributed by atoms with Gasteiger partial charge in [-0.15, -0.1) is 5.10 Å². The van der Waals surface area contributed by atoms with Crippen LogP contribution in [0.1, 0.15) is 16.2 Å². The molecule has 0 aromatic carbocycles. The van der Waals surface area contributed by atoms with E-state index in [9.17, 15) is 18.0 Å². The van der Waals surface area contributed by atoms with Gasteiger partial charge in [-0.1, -0.05) is 5.21 Å². The Kier molecular flexibility index (Phi) is 4.24. The highest BCUT2D eigenvalue weighted by molar-refractivity contribution is 5.86. The highest BCUT2D eigenvalue weighted by Gasteiger charge is 2.39. The number of aromatic carboxylic acids is 1. The van der Waals surface area contributed by atoms with Crippen LogP contribution in [-0.2, 0) is 17.9 Å². The van der Waals surface area contributed by atoms with Crippen molar-refractivity contribution in [1.29, 1.82) is 0 Å². The van der Waals surface area contributed by atoms with Crippen LogP contribution < -0.4 is 0 Å². The number of carboxylic acid groups (broad SMARTS) is 1. The maximum absolute atomic E-state index is 12.2. The molecule has 1 unspecified atom stereocenters. The van der Waals surface area contributed by atoms with Crippen molar-refractivity contribution in [2.24, 2.45) is 0 Å². The first-order valence-electron chi connectivity index (χ1n) is 4.66. The standard InChI is InChI=1S/C8H10F3N3O4/c1-18-3-4-6(7(16)17)12-13-14(4)2-5(15)8(9,10)11/h5,15H,2-3H2,1H3,(H,16,17). The Labute approximate surface area is 98.8 Å². The van der Waals surface area contributed by atoms with E-state index in [2.05, 4.69) is 15.0 Å². The second-order valence-corrected chi connectivity index (χ2v) is 3.36. The van der Waals surface area contributed by atoms with Crippen molar-refractivity contribution in [3.63, 3.8) is 0 Å². The van der Waals surface area contributed by atoms with Gasteiger partial charge in [0.1, 0.15) is 0 Å². The van der Waals surface area contributed by atoms with E-state index in [1.54, 1.807) is 0 Å². The maximum Gasteiger partial charge on any atom is 0.416 e. The summed E-state index contributed by atoms with van der Waals surface area (Å²) in [5, 5.41) is 24.1. The third-order valence-electron chi connectivity index (χ3n) is 2.04. The number of carbonyl (C=O) groups is 1. The van der Waals surface area contributed by atoms with Gasteiger partial charge in [-0.05, 0) is 0 Å². The topological polar surface area (TPSA) is 97.5 Å². The van der Waals surface area contributed by atoms with Crippen LogP contribution in [0.5, 0.6) is 0 Å². The Balaban J connectivity index is 2.99. The SMILES string of the molecule is COCc1c(C(=O)O)nnn1CC(O)C(F)(F)F. The first-order valence-corrected chi connectivity index (χ1v) is 4.66. The molecule has 1 rings (SSSR count). The smallest absolute Gasteiger partial charge is 0.416 e.